The fourth-order valence-corrected chi connectivity index (χ4v) is 1.62. The van der Waals surface area contributed by atoms with E-state index < -0.39 is 5.67 Å². The zero-order valence-electron chi connectivity index (χ0n) is 10.1. The first-order valence-electron chi connectivity index (χ1n) is 5.64. The number of hydrogen-bond donors (Lipinski definition) is 1. The number of benzene rings is 1. The first-order valence-corrected chi connectivity index (χ1v) is 5.64. The van der Waals surface area contributed by atoms with E-state index in [4.69, 9.17) is 0 Å². The van der Waals surface area contributed by atoms with Crippen LogP contribution in [0.4, 0.5) is 4.39 Å². The fourth-order valence-electron chi connectivity index (χ4n) is 1.62. The standard InChI is InChI=1S/C13H16FN3/c1-13(2,14)9-15-8-10-3-4-11-12(7-10)17-6-5-16-11/h3-7,15H,8-9H2,1-2H3. The molecule has 0 aliphatic heterocycles. The molecule has 0 aliphatic rings. The molecule has 17 heavy (non-hydrogen) atoms. The van der Waals surface area contributed by atoms with E-state index in [1.54, 1.807) is 26.2 Å². The summed E-state index contributed by atoms with van der Waals surface area (Å²) in [6.45, 7) is 4.10. The van der Waals surface area contributed by atoms with Crippen LogP contribution < -0.4 is 5.32 Å². The molecule has 0 radical (unpaired) electrons. The number of fused-ring (bicyclic) bond motifs is 1. The second-order valence-corrected chi connectivity index (χ2v) is 4.70. The average Bonchev–Trinajstić information content (AvgIpc) is 2.27. The number of nitrogens with one attached hydrogen (secondary N) is 1. The summed E-state index contributed by atoms with van der Waals surface area (Å²) >= 11 is 0. The summed E-state index contributed by atoms with van der Waals surface area (Å²) in [5, 5.41) is 3.08. The molecule has 1 aromatic heterocycles. The smallest absolute Gasteiger partial charge is 0.117 e. The van der Waals surface area contributed by atoms with Crippen LogP contribution in [-0.4, -0.2) is 22.2 Å². The summed E-state index contributed by atoms with van der Waals surface area (Å²) in [6.07, 6.45) is 3.34. The lowest BCUT2D eigenvalue weighted by atomic mass is 10.1. The molecular formula is C13H16FN3. The van der Waals surface area contributed by atoms with Gasteiger partial charge in [-0.25, -0.2) is 4.39 Å². The highest BCUT2D eigenvalue weighted by atomic mass is 19.1. The van der Waals surface area contributed by atoms with Crippen LogP contribution >= 0.6 is 0 Å². The van der Waals surface area contributed by atoms with Crippen LogP contribution in [0.25, 0.3) is 11.0 Å². The van der Waals surface area contributed by atoms with Gasteiger partial charge in [0.25, 0.3) is 0 Å². The van der Waals surface area contributed by atoms with Crippen molar-refractivity contribution in [2.75, 3.05) is 6.54 Å². The summed E-state index contributed by atoms with van der Waals surface area (Å²) in [4.78, 5) is 8.43. The Labute approximate surface area is 100 Å². The number of halogens is 1. The molecule has 3 nitrogen and oxygen atoms in total. The lowest BCUT2D eigenvalue weighted by Crippen LogP contribution is -2.30. The third kappa shape index (κ3) is 3.46. The summed E-state index contributed by atoms with van der Waals surface area (Å²) in [6, 6.07) is 5.88. The quantitative estimate of drug-likeness (QED) is 0.881. The van der Waals surface area contributed by atoms with Crippen molar-refractivity contribution >= 4 is 11.0 Å². The van der Waals surface area contributed by atoms with E-state index in [0.717, 1.165) is 16.6 Å². The first kappa shape index (κ1) is 11.9. The van der Waals surface area contributed by atoms with E-state index in [1.165, 1.54) is 0 Å². The van der Waals surface area contributed by atoms with Crippen molar-refractivity contribution in [1.29, 1.82) is 0 Å². The van der Waals surface area contributed by atoms with Crippen LogP contribution in [0.3, 0.4) is 0 Å². The predicted octanol–water partition coefficient (Wildman–Crippen LogP) is 2.47. The van der Waals surface area contributed by atoms with Gasteiger partial charge in [-0.15, -0.1) is 0 Å². The van der Waals surface area contributed by atoms with Gasteiger partial charge in [0.1, 0.15) is 5.67 Å². The highest BCUT2D eigenvalue weighted by molar-refractivity contribution is 5.74. The number of nitrogens with zero attached hydrogens (tertiary/aromatic N) is 2. The molecule has 0 unspecified atom stereocenters. The minimum Gasteiger partial charge on any atom is -0.310 e. The van der Waals surface area contributed by atoms with Crippen molar-refractivity contribution in [1.82, 2.24) is 15.3 Å². The maximum absolute atomic E-state index is 13.3. The fraction of sp³-hybridized carbons (Fsp3) is 0.385. The second kappa shape index (κ2) is 4.75. The van der Waals surface area contributed by atoms with Crippen LogP contribution in [0.15, 0.2) is 30.6 Å². The second-order valence-electron chi connectivity index (χ2n) is 4.70. The molecule has 0 aliphatic carbocycles. The minimum atomic E-state index is -1.18. The lowest BCUT2D eigenvalue weighted by molar-refractivity contribution is 0.210. The van der Waals surface area contributed by atoms with E-state index in [9.17, 15) is 4.39 Å². The van der Waals surface area contributed by atoms with Crippen molar-refractivity contribution < 1.29 is 4.39 Å². The van der Waals surface area contributed by atoms with Gasteiger partial charge in [0.15, 0.2) is 0 Å². The minimum absolute atomic E-state index is 0.339. The molecular weight excluding hydrogens is 217 g/mol. The third-order valence-electron chi connectivity index (χ3n) is 2.41. The average molecular weight is 233 g/mol. The highest BCUT2D eigenvalue weighted by Gasteiger charge is 2.13. The molecule has 0 saturated heterocycles. The molecule has 4 heteroatoms. The van der Waals surface area contributed by atoms with E-state index in [1.807, 2.05) is 18.2 Å². The zero-order valence-corrected chi connectivity index (χ0v) is 10.1. The molecule has 1 aromatic carbocycles. The van der Waals surface area contributed by atoms with E-state index in [-0.39, 0.29) is 0 Å². The van der Waals surface area contributed by atoms with Gasteiger partial charge >= 0.3 is 0 Å². The molecule has 1 heterocycles. The normalized spacial score (nSPS) is 11.9. The zero-order chi connectivity index (χ0) is 12.3. The van der Waals surface area contributed by atoms with Gasteiger partial charge in [-0.3, -0.25) is 9.97 Å². The maximum atomic E-state index is 13.3. The predicted molar refractivity (Wildman–Crippen MR) is 66.4 cm³/mol. The summed E-state index contributed by atoms with van der Waals surface area (Å²) < 4.78 is 13.3. The molecule has 90 valence electrons. The Morgan fingerprint density at radius 2 is 1.88 bits per heavy atom. The van der Waals surface area contributed by atoms with Crippen molar-refractivity contribution in [2.45, 2.75) is 26.1 Å². The monoisotopic (exact) mass is 233 g/mol. The van der Waals surface area contributed by atoms with Gasteiger partial charge in [0.2, 0.25) is 0 Å². The Balaban J connectivity index is 2.04. The number of hydrogen-bond acceptors (Lipinski definition) is 3. The van der Waals surface area contributed by atoms with Gasteiger partial charge in [-0.05, 0) is 31.5 Å². The Bertz CT molecular complexity index is 505. The molecule has 1 N–H and O–H groups in total. The summed E-state index contributed by atoms with van der Waals surface area (Å²) in [5.74, 6) is 0. The van der Waals surface area contributed by atoms with Gasteiger partial charge in [0.05, 0.1) is 11.0 Å². The molecule has 0 spiro atoms. The topological polar surface area (TPSA) is 37.8 Å². The van der Waals surface area contributed by atoms with Crippen LogP contribution in [0.2, 0.25) is 0 Å². The summed E-state index contributed by atoms with van der Waals surface area (Å²) in [7, 11) is 0. The molecule has 2 aromatic rings. The number of alkyl halides is 1. The van der Waals surface area contributed by atoms with Crippen LogP contribution in [-0.2, 0) is 6.54 Å². The maximum Gasteiger partial charge on any atom is 0.117 e. The first-order chi connectivity index (χ1) is 8.04. The van der Waals surface area contributed by atoms with Crippen LogP contribution in [0, 0.1) is 0 Å². The third-order valence-corrected chi connectivity index (χ3v) is 2.41. The number of rotatable bonds is 4. The molecule has 0 saturated carbocycles. The van der Waals surface area contributed by atoms with Gasteiger partial charge in [-0.1, -0.05) is 6.07 Å². The SMILES string of the molecule is CC(C)(F)CNCc1ccc2nccnc2c1. The van der Waals surface area contributed by atoms with Gasteiger partial charge in [0, 0.05) is 25.5 Å². The molecule has 0 fully saturated rings. The van der Waals surface area contributed by atoms with Gasteiger partial charge in [-0.2, -0.15) is 0 Å². The summed E-state index contributed by atoms with van der Waals surface area (Å²) in [5.41, 5.74) is 1.65. The Morgan fingerprint density at radius 1 is 1.18 bits per heavy atom. The van der Waals surface area contributed by atoms with Crippen LogP contribution in [0.1, 0.15) is 19.4 Å². The number of aromatic nitrogens is 2. The molecule has 0 atom stereocenters. The Morgan fingerprint density at radius 3 is 2.59 bits per heavy atom. The highest BCUT2D eigenvalue weighted by Crippen LogP contribution is 2.11. The van der Waals surface area contributed by atoms with Crippen molar-refractivity contribution in [3.63, 3.8) is 0 Å². The Hall–Kier alpha value is -1.55. The van der Waals surface area contributed by atoms with E-state index >= 15 is 0 Å². The van der Waals surface area contributed by atoms with Crippen molar-refractivity contribution in [3.8, 4) is 0 Å². The van der Waals surface area contributed by atoms with Crippen molar-refractivity contribution in [2.24, 2.45) is 0 Å². The molecule has 0 amide bonds. The lowest BCUT2D eigenvalue weighted by Gasteiger charge is -2.14. The van der Waals surface area contributed by atoms with E-state index in [2.05, 4.69) is 15.3 Å². The largest absolute Gasteiger partial charge is 0.310 e. The van der Waals surface area contributed by atoms with Crippen LogP contribution in [0.5, 0.6) is 0 Å². The van der Waals surface area contributed by atoms with Gasteiger partial charge < -0.3 is 5.32 Å². The van der Waals surface area contributed by atoms with Crippen molar-refractivity contribution in [3.05, 3.63) is 36.2 Å². The molecule has 2 rings (SSSR count). The van der Waals surface area contributed by atoms with E-state index in [0.29, 0.717) is 13.1 Å². The Kier molecular flexibility index (Phi) is 3.33. The molecule has 0 bridgehead atoms.